The number of hydrogen-bond donors (Lipinski definition) is 2. The first-order valence-corrected chi connectivity index (χ1v) is 12.8. The second kappa shape index (κ2) is 11.9. The molecule has 5 nitrogen and oxygen atoms in total. The fourth-order valence-electron chi connectivity index (χ4n) is 5.37. The maximum absolute atomic E-state index is 13.8. The molecule has 0 bridgehead atoms. The lowest BCUT2D eigenvalue weighted by Gasteiger charge is -2.37. The topological polar surface area (TPSA) is 75.6 Å². The van der Waals surface area contributed by atoms with E-state index in [4.69, 9.17) is 4.74 Å². The number of ketones is 1. The molecule has 1 aliphatic rings. The Labute approximate surface area is 210 Å². The normalized spacial score (nSPS) is 18.3. The molecule has 0 heterocycles. The first-order chi connectivity index (χ1) is 16.6. The van der Waals surface area contributed by atoms with E-state index in [1.54, 1.807) is 19.2 Å². The van der Waals surface area contributed by atoms with Gasteiger partial charge in [0.05, 0.1) is 18.1 Å². The van der Waals surface area contributed by atoms with Gasteiger partial charge < -0.3 is 15.2 Å². The molecule has 1 aliphatic carbocycles. The quantitative estimate of drug-likeness (QED) is 0.428. The van der Waals surface area contributed by atoms with E-state index in [2.05, 4.69) is 37.4 Å². The van der Waals surface area contributed by atoms with E-state index >= 15 is 0 Å². The molecular formula is C30H41NO4. The lowest BCUT2D eigenvalue weighted by molar-refractivity contribution is -0.136. The highest BCUT2D eigenvalue weighted by molar-refractivity contribution is 5.88. The van der Waals surface area contributed by atoms with Gasteiger partial charge in [-0.05, 0) is 73.3 Å². The lowest BCUT2D eigenvalue weighted by atomic mass is 9.71. The number of benzene rings is 2. The Morgan fingerprint density at radius 3 is 2.49 bits per heavy atom. The monoisotopic (exact) mass is 479 g/mol. The number of amides is 1. The van der Waals surface area contributed by atoms with E-state index in [9.17, 15) is 14.7 Å². The van der Waals surface area contributed by atoms with Crippen molar-refractivity contribution < 1.29 is 19.4 Å². The standard InChI is InChI=1S/C30H41NO4/c1-20(17-22-13-15-24(32)16-14-22)28(33)18-26(30(3,4)19-21(2)35-5)29(34)31-27-12-8-10-23-9-6-7-11-25(23)27/h6-7,9,11,13-16,20-21,26-27,32H,8,10,12,17-19H2,1-5H3,(H,31,34)/t20-,21?,26?,27+/m0/s1. The van der Waals surface area contributed by atoms with Gasteiger partial charge in [-0.2, -0.15) is 0 Å². The van der Waals surface area contributed by atoms with E-state index in [-0.39, 0.29) is 41.9 Å². The number of nitrogens with one attached hydrogen (secondary N) is 1. The van der Waals surface area contributed by atoms with Crippen molar-refractivity contribution in [1.29, 1.82) is 0 Å². The van der Waals surface area contributed by atoms with Gasteiger partial charge in [0, 0.05) is 19.4 Å². The molecule has 4 atom stereocenters. The molecule has 2 N–H and O–H groups in total. The van der Waals surface area contributed by atoms with Crippen molar-refractivity contribution in [2.24, 2.45) is 17.3 Å². The number of carbonyl (C=O) groups excluding carboxylic acids is 2. The number of carbonyl (C=O) groups is 2. The second-order valence-corrected chi connectivity index (χ2v) is 10.9. The summed E-state index contributed by atoms with van der Waals surface area (Å²) < 4.78 is 5.52. The van der Waals surface area contributed by atoms with Crippen LogP contribution in [0.25, 0.3) is 0 Å². The Kier molecular flexibility index (Phi) is 9.12. The molecule has 0 aliphatic heterocycles. The second-order valence-electron chi connectivity index (χ2n) is 10.9. The average molecular weight is 480 g/mol. The molecule has 35 heavy (non-hydrogen) atoms. The smallest absolute Gasteiger partial charge is 0.224 e. The zero-order valence-electron chi connectivity index (χ0n) is 21.8. The maximum atomic E-state index is 13.8. The molecule has 0 saturated heterocycles. The molecule has 0 aromatic heterocycles. The molecule has 3 rings (SSSR count). The minimum atomic E-state index is -0.455. The molecule has 0 fully saturated rings. The van der Waals surface area contributed by atoms with Crippen LogP contribution in [0.15, 0.2) is 48.5 Å². The number of methoxy groups -OCH3 is 1. The SMILES string of the molecule is COC(C)CC(C)(C)C(CC(=O)[C@@H](C)Cc1ccc(O)cc1)C(=O)N[C@@H]1CCCc2ccccc21. The van der Waals surface area contributed by atoms with Crippen molar-refractivity contribution in [3.8, 4) is 5.75 Å². The number of ether oxygens (including phenoxy) is 1. The van der Waals surface area contributed by atoms with Crippen molar-refractivity contribution in [2.75, 3.05) is 7.11 Å². The Hall–Kier alpha value is -2.66. The Bertz CT molecular complexity index is 998. The van der Waals surface area contributed by atoms with Crippen LogP contribution < -0.4 is 5.32 Å². The number of aryl methyl sites for hydroxylation is 1. The summed E-state index contributed by atoms with van der Waals surface area (Å²) in [5.74, 6) is -0.432. The summed E-state index contributed by atoms with van der Waals surface area (Å²) in [6.45, 7) is 8.06. The summed E-state index contributed by atoms with van der Waals surface area (Å²) in [6, 6.07) is 15.3. The molecule has 2 aromatic rings. The molecular weight excluding hydrogens is 438 g/mol. The number of fused-ring (bicyclic) bond motifs is 1. The van der Waals surface area contributed by atoms with Crippen LogP contribution in [0.2, 0.25) is 0 Å². The number of phenolic OH excluding ortho intramolecular Hbond substituents is 1. The van der Waals surface area contributed by atoms with E-state index in [1.807, 2.05) is 32.0 Å². The third-order valence-corrected chi connectivity index (χ3v) is 7.59. The largest absolute Gasteiger partial charge is 0.508 e. The minimum absolute atomic E-state index is 0.0137. The first kappa shape index (κ1) is 26.9. The number of hydrogen-bond acceptors (Lipinski definition) is 4. The molecule has 2 unspecified atom stereocenters. The summed E-state index contributed by atoms with van der Waals surface area (Å²) >= 11 is 0. The predicted molar refractivity (Wildman–Crippen MR) is 139 cm³/mol. The number of aromatic hydroxyl groups is 1. The third-order valence-electron chi connectivity index (χ3n) is 7.59. The summed E-state index contributed by atoms with van der Waals surface area (Å²) in [5.41, 5.74) is 3.07. The Morgan fingerprint density at radius 1 is 1.11 bits per heavy atom. The van der Waals surface area contributed by atoms with E-state index in [0.717, 1.165) is 24.8 Å². The van der Waals surface area contributed by atoms with Gasteiger partial charge in [-0.25, -0.2) is 0 Å². The van der Waals surface area contributed by atoms with Crippen LogP contribution in [0.1, 0.15) is 76.1 Å². The molecule has 5 heteroatoms. The van der Waals surface area contributed by atoms with Crippen LogP contribution in [-0.2, 0) is 27.2 Å². The molecule has 190 valence electrons. The number of rotatable bonds is 11. The van der Waals surface area contributed by atoms with Gasteiger partial charge in [0.2, 0.25) is 5.91 Å². The molecule has 2 aromatic carbocycles. The van der Waals surface area contributed by atoms with E-state index in [0.29, 0.717) is 12.8 Å². The summed E-state index contributed by atoms with van der Waals surface area (Å²) in [5, 5.41) is 12.8. The van der Waals surface area contributed by atoms with Crippen molar-refractivity contribution >= 4 is 11.7 Å². The molecule has 0 saturated carbocycles. The molecule has 0 radical (unpaired) electrons. The highest BCUT2D eigenvalue weighted by atomic mass is 16.5. The maximum Gasteiger partial charge on any atom is 0.224 e. The van der Waals surface area contributed by atoms with Gasteiger partial charge in [-0.15, -0.1) is 0 Å². The Morgan fingerprint density at radius 2 is 1.80 bits per heavy atom. The lowest BCUT2D eigenvalue weighted by Crippen LogP contribution is -2.44. The molecule has 1 amide bonds. The van der Waals surface area contributed by atoms with Crippen molar-refractivity contribution in [3.63, 3.8) is 0 Å². The van der Waals surface area contributed by atoms with Gasteiger partial charge in [0.25, 0.3) is 0 Å². The van der Waals surface area contributed by atoms with E-state index < -0.39 is 11.3 Å². The van der Waals surface area contributed by atoms with Crippen LogP contribution in [0.5, 0.6) is 5.75 Å². The van der Waals surface area contributed by atoms with Crippen molar-refractivity contribution in [1.82, 2.24) is 5.32 Å². The first-order valence-electron chi connectivity index (χ1n) is 12.8. The zero-order valence-corrected chi connectivity index (χ0v) is 21.8. The van der Waals surface area contributed by atoms with Crippen LogP contribution in [0, 0.1) is 17.3 Å². The number of phenols is 1. The fraction of sp³-hybridized carbons (Fsp3) is 0.533. The van der Waals surface area contributed by atoms with Gasteiger partial charge in [-0.1, -0.05) is 57.2 Å². The molecule has 0 spiro atoms. The summed E-state index contributed by atoms with van der Waals surface area (Å²) in [6.07, 6.45) is 4.44. The van der Waals surface area contributed by atoms with Gasteiger partial charge in [0.1, 0.15) is 11.5 Å². The average Bonchev–Trinajstić information content (AvgIpc) is 2.83. The minimum Gasteiger partial charge on any atom is -0.508 e. The van der Waals surface area contributed by atoms with Crippen LogP contribution >= 0.6 is 0 Å². The summed E-state index contributed by atoms with van der Waals surface area (Å²) in [7, 11) is 1.68. The van der Waals surface area contributed by atoms with E-state index in [1.165, 1.54) is 11.1 Å². The van der Waals surface area contributed by atoms with Gasteiger partial charge in [-0.3, -0.25) is 9.59 Å². The zero-order chi connectivity index (χ0) is 25.6. The Balaban J connectivity index is 1.77. The highest BCUT2D eigenvalue weighted by Gasteiger charge is 2.39. The van der Waals surface area contributed by atoms with Crippen LogP contribution in [0.4, 0.5) is 0 Å². The van der Waals surface area contributed by atoms with Crippen LogP contribution in [-0.4, -0.2) is 30.0 Å². The fourth-order valence-corrected chi connectivity index (χ4v) is 5.37. The summed E-state index contributed by atoms with van der Waals surface area (Å²) in [4.78, 5) is 27.1. The van der Waals surface area contributed by atoms with Gasteiger partial charge in [0.15, 0.2) is 0 Å². The highest BCUT2D eigenvalue weighted by Crippen LogP contribution is 2.38. The van der Waals surface area contributed by atoms with Crippen LogP contribution in [0.3, 0.4) is 0 Å². The number of Topliss-reactive ketones (excluding diaryl/α,β-unsaturated/α-hetero) is 1. The third kappa shape index (κ3) is 7.17. The van der Waals surface area contributed by atoms with Gasteiger partial charge >= 0.3 is 0 Å². The van der Waals surface area contributed by atoms with Crippen molar-refractivity contribution in [2.45, 2.75) is 78.4 Å². The van der Waals surface area contributed by atoms with Crippen molar-refractivity contribution in [3.05, 3.63) is 65.2 Å². The predicted octanol–water partition coefficient (Wildman–Crippen LogP) is 5.79.